The van der Waals surface area contributed by atoms with Crippen molar-refractivity contribution in [2.24, 2.45) is 11.1 Å². The van der Waals surface area contributed by atoms with Gasteiger partial charge >= 0.3 is 12.1 Å². The van der Waals surface area contributed by atoms with E-state index in [1.54, 1.807) is 0 Å². The second-order valence-corrected chi connectivity index (χ2v) is 5.33. The number of benzene rings is 1. The lowest BCUT2D eigenvalue weighted by Crippen LogP contribution is -2.37. The van der Waals surface area contributed by atoms with Gasteiger partial charge in [-0.1, -0.05) is 11.6 Å². The molecular formula is C13H16Cl2F3NO2. The van der Waals surface area contributed by atoms with Gasteiger partial charge in [-0.2, -0.15) is 13.2 Å². The number of rotatable bonds is 3. The van der Waals surface area contributed by atoms with Gasteiger partial charge in [0.1, 0.15) is 0 Å². The standard InChI is InChI=1S/C13H15ClF3NO2.ClH/c1-12(2,11(19)20-3)10(18)8-6-7(13(15,16)17)4-5-9(8)14;/h4-6,10H,18H2,1-3H3;1H/t10-;/m0./s1. The maximum Gasteiger partial charge on any atom is 0.416 e. The third-order valence-electron chi connectivity index (χ3n) is 3.15. The van der Waals surface area contributed by atoms with Crippen LogP contribution in [0.3, 0.4) is 0 Å². The molecule has 21 heavy (non-hydrogen) atoms. The molecule has 120 valence electrons. The minimum absolute atomic E-state index is 0. The van der Waals surface area contributed by atoms with Gasteiger partial charge in [-0.25, -0.2) is 0 Å². The van der Waals surface area contributed by atoms with Gasteiger partial charge < -0.3 is 10.5 Å². The van der Waals surface area contributed by atoms with Gasteiger partial charge in [0.2, 0.25) is 0 Å². The molecule has 3 nitrogen and oxygen atoms in total. The third kappa shape index (κ3) is 4.25. The summed E-state index contributed by atoms with van der Waals surface area (Å²) in [5.74, 6) is -0.626. The van der Waals surface area contributed by atoms with Gasteiger partial charge in [-0.15, -0.1) is 12.4 Å². The Morgan fingerprint density at radius 1 is 1.33 bits per heavy atom. The SMILES string of the molecule is COC(=O)C(C)(C)[C@@H](N)c1cc(C(F)(F)F)ccc1Cl.Cl. The number of carbonyl (C=O) groups is 1. The van der Waals surface area contributed by atoms with Gasteiger partial charge in [0, 0.05) is 11.1 Å². The molecule has 0 radical (unpaired) electrons. The van der Waals surface area contributed by atoms with Gasteiger partial charge in [0.05, 0.1) is 18.1 Å². The van der Waals surface area contributed by atoms with Crippen molar-refractivity contribution in [2.45, 2.75) is 26.1 Å². The van der Waals surface area contributed by atoms with Crippen molar-refractivity contribution < 1.29 is 22.7 Å². The molecule has 0 aromatic heterocycles. The van der Waals surface area contributed by atoms with E-state index in [1.165, 1.54) is 21.0 Å². The average molecular weight is 346 g/mol. The maximum absolute atomic E-state index is 12.7. The van der Waals surface area contributed by atoms with E-state index in [2.05, 4.69) is 4.74 Å². The maximum atomic E-state index is 12.7. The van der Waals surface area contributed by atoms with E-state index in [0.717, 1.165) is 18.2 Å². The van der Waals surface area contributed by atoms with Crippen LogP contribution in [0.25, 0.3) is 0 Å². The second-order valence-electron chi connectivity index (χ2n) is 4.92. The number of carbonyl (C=O) groups excluding carboxylic acids is 1. The molecular weight excluding hydrogens is 330 g/mol. The Bertz CT molecular complexity index is 519. The van der Waals surface area contributed by atoms with Crippen LogP contribution in [0.5, 0.6) is 0 Å². The molecule has 0 aliphatic carbocycles. The zero-order chi connectivity index (χ0) is 15.7. The van der Waals surface area contributed by atoms with Crippen LogP contribution in [-0.4, -0.2) is 13.1 Å². The first-order valence-corrected chi connectivity index (χ1v) is 6.10. The summed E-state index contributed by atoms with van der Waals surface area (Å²) in [5, 5.41) is 0.0717. The predicted octanol–water partition coefficient (Wildman–Crippen LogP) is 3.98. The molecule has 0 heterocycles. The molecule has 0 saturated heterocycles. The molecule has 0 unspecified atom stereocenters. The summed E-state index contributed by atoms with van der Waals surface area (Å²) in [7, 11) is 1.19. The Kier molecular flexibility index (Phi) is 6.53. The molecule has 8 heteroatoms. The van der Waals surface area contributed by atoms with Crippen LogP contribution in [0.4, 0.5) is 13.2 Å². The Morgan fingerprint density at radius 2 is 1.86 bits per heavy atom. The van der Waals surface area contributed by atoms with Crippen molar-refractivity contribution in [2.75, 3.05) is 7.11 Å². The Morgan fingerprint density at radius 3 is 2.29 bits per heavy atom. The van der Waals surface area contributed by atoms with Gasteiger partial charge in [0.15, 0.2) is 0 Å². The lowest BCUT2D eigenvalue weighted by atomic mass is 9.80. The lowest BCUT2D eigenvalue weighted by molar-refractivity contribution is -0.152. The number of alkyl halides is 3. The summed E-state index contributed by atoms with van der Waals surface area (Å²) in [4.78, 5) is 11.7. The van der Waals surface area contributed by atoms with Gasteiger partial charge in [-0.3, -0.25) is 4.79 Å². The van der Waals surface area contributed by atoms with Crippen LogP contribution in [-0.2, 0) is 15.7 Å². The van der Waals surface area contributed by atoms with E-state index in [1.807, 2.05) is 0 Å². The molecule has 1 aromatic carbocycles. The fraction of sp³-hybridized carbons (Fsp3) is 0.462. The van der Waals surface area contributed by atoms with Crippen molar-refractivity contribution in [3.8, 4) is 0 Å². The zero-order valence-corrected chi connectivity index (χ0v) is 13.2. The molecule has 0 aliphatic heterocycles. The summed E-state index contributed by atoms with van der Waals surface area (Å²) >= 11 is 5.90. The van der Waals surface area contributed by atoms with E-state index in [0.29, 0.717) is 0 Å². The number of methoxy groups -OCH3 is 1. The summed E-state index contributed by atoms with van der Waals surface area (Å²) in [6.07, 6.45) is -4.51. The highest BCUT2D eigenvalue weighted by Crippen LogP contribution is 2.39. The number of esters is 1. The molecule has 1 aromatic rings. The van der Waals surface area contributed by atoms with Crippen LogP contribution in [0, 0.1) is 5.41 Å². The van der Waals surface area contributed by atoms with E-state index < -0.39 is 29.2 Å². The normalized spacial score (nSPS) is 13.3. The van der Waals surface area contributed by atoms with Crippen molar-refractivity contribution >= 4 is 30.0 Å². The average Bonchev–Trinajstić information content (AvgIpc) is 2.35. The Labute approximate surface area is 132 Å². The largest absolute Gasteiger partial charge is 0.469 e. The van der Waals surface area contributed by atoms with Gasteiger partial charge in [0.25, 0.3) is 0 Å². The number of ether oxygens (including phenoxy) is 1. The van der Waals surface area contributed by atoms with Crippen LogP contribution in [0.15, 0.2) is 18.2 Å². The lowest BCUT2D eigenvalue weighted by Gasteiger charge is -2.29. The van der Waals surface area contributed by atoms with Crippen molar-refractivity contribution in [1.29, 1.82) is 0 Å². The summed E-state index contributed by atoms with van der Waals surface area (Å²) in [6, 6.07) is 1.82. The minimum atomic E-state index is -4.51. The zero-order valence-electron chi connectivity index (χ0n) is 11.6. The molecule has 0 bridgehead atoms. The summed E-state index contributed by atoms with van der Waals surface area (Å²) in [5.41, 5.74) is 3.89. The molecule has 2 N–H and O–H groups in total. The smallest absolute Gasteiger partial charge is 0.416 e. The van der Waals surface area contributed by atoms with Crippen LogP contribution in [0.1, 0.15) is 31.0 Å². The first kappa shape index (κ1) is 20.0. The number of hydrogen-bond acceptors (Lipinski definition) is 3. The number of halogens is 5. The minimum Gasteiger partial charge on any atom is -0.469 e. The van der Waals surface area contributed by atoms with Crippen molar-refractivity contribution in [1.82, 2.24) is 0 Å². The summed E-state index contributed by atoms with van der Waals surface area (Å²) in [6.45, 7) is 2.97. The molecule has 0 saturated carbocycles. The van der Waals surface area contributed by atoms with Crippen molar-refractivity contribution in [3.63, 3.8) is 0 Å². The third-order valence-corrected chi connectivity index (χ3v) is 3.49. The number of hydrogen-bond donors (Lipinski definition) is 1. The van der Waals surface area contributed by atoms with Gasteiger partial charge in [-0.05, 0) is 37.6 Å². The molecule has 0 spiro atoms. The highest BCUT2D eigenvalue weighted by molar-refractivity contribution is 6.31. The monoisotopic (exact) mass is 345 g/mol. The highest BCUT2D eigenvalue weighted by atomic mass is 35.5. The molecule has 0 fully saturated rings. The summed E-state index contributed by atoms with van der Waals surface area (Å²) < 4.78 is 42.7. The number of nitrogens with two attached hydrogens (primary N) is 1. The van der Waals surface area contributed by atoms with Crippen LogP contribution < -0.4 is 5.73 Å². The van der Waals surface area contributed by atoms with E-state index in [9.17, 15) is 18.0 Å². The first-order valence-electron chi connectivity index (χ1n) is 5.72. The quantitative estimate of drug-likeness (QED) is 0.843. The molecule has 0 aliphatic rings. The van der Waals surface area contributed by atoms with E-state index in [4.69, 9.17) is 17.3 Å². The predicted molar refractivity (Wildman–Crippen MR) is 76.4 cm³/mol. The molecule has 0 amide bonds. The van der Waals surface area contributed by atoms with Crippen LogP contribution >= 0.6 is 24.0 Å². The topological polar surface area (TPSA) is 52.3 Å². The van der Waals surface area contributed by atoms with E-state index in [-0.39, 0.29) is 23.0 Å². The van der Waals surface area contributed by atoms with Crippen LogP contribution in [0.2, 0.25) is 5.02 Å². The molecule has 1 atom stereocenters. The van der Waals surface area contributed by atoms with Crippen molar-refractivity contribution in [3.05, 3.63) is 34.3 Å². The highest BCUT2D eigenvalue weighted by Gasteiger charge is 2.39. The molecule has 1 rings (SSSR count). The fourth-order valence-corrected chi connectivity index (χ4v) is 1.97. The Balaban J connectivity index is 0.00000400. The first-order chi connectivity index (χ1) is 9.01. The Hall–Kier alpha value is -0.980. The second kappa shape index (κ2) is 6.85. The van der Waals surface area contributed by atoms with E-state index >= 15 is 0 Å². The fourth-order valence-electron chi connectivity index (χ4n) is 1.74.